The number of unbranched alkanes of at least 4 members (excludes halogenated alkanes) is 1. The predicted octanol–water partition coefficient (Wildman–Crippen LogP) is 4.05. The molecule has 2 aromatic rings. The van der Waals surface area contributed by atoms with Gasteiger partial charge in [0.15, 0.2) is 0 Å². The number of aromatic nitrogens is 1. The molecular weight excluding hydrogens is 284 g/mol. The Morgan fingerprint density at radius 2 is 1.87 bits per heavy atom. The third-order valence-corrected chi connectivity index (χ3v) is 4.48. The topological polar surface area (TPSA) is 34.0 Å². The first-order valence-corrected chi connectivity index (χ1v) is 8.73. The molecule has 3 heteroatoms. The van der Waals surface area contributed by atoms with E-state index >= 15 is 0 Å². The van der Waals surface area contributed by atoms with Gasteiger partial charge in [-0.3, -0.25) is 4.79 Å². The van der Waals surface area contributed by atoms with Crippen molar-refractivity contribution < 1.29 is 0 Å². The lowest BCUT2D eigenvalue weighted by molar-refractivity contribution is 0.626. The molecule has 23 heavy (non-hydrogen) atoms. The molecule has 0 unspecified atom stereocenters. The van der Waals surface area contributed by atoms with Crippen molar-refractivity contribution in [1.29, 1.82) is 0 Å². The van der Waals surface area contributed by atoms with Crippen molar-refractivity contribution in [2.24, 2.45) is 0 Å². The van der Waals surface area contributed by atoms with E-state index in [0.29, 0.717) is 12.6 Å². The van der Waals surface area contributed by atoms with Crippen LogP contribution in [0.3, 0.4) is 0 Å². The molecule has 1 aromatic heterocycles. The van der Waals surface area contributed by atoms with Crippen molar-refractivity contribution >= 4 is 0 Å². The van der Waals surface area contributed by atoms with E-state index in [-0.39, 0.29) is 5.56 Å². The molecule has 3 rings (SSSR count). The summed E-state index contributed by atoms with van der Waals surface area (Å²) in [4.78, 5) is 12.9. The van der Waals surface area contributed by atoms with Crippen LogP contribution in [0.2, 0.25) is 0 Å². The molecule has 0 amide bonds. The maximum Gasteiger partial charge on any atom is 0.255 e. The minimum Gasteiger partial charge on any atom is -0.312 e. The van der Waals surface area contributed by atoms with Crippen molar-refractivity contribution in [2.45, 2.75) is 52.1 Å². The summed E-state index contributed by atoms with van der Waals surface area (Å²) in [6.07, 6.45) is 4.56. The molecule has 1 fully saturated rings. The number of hydrogen-bond donors (Lipinski definition) is 1. The minimum atomic E-state index is 0.176. The first-order chi connectivity index (χ1) is 11.2. The predicted molar refractivity (Wildman–Crippen MR) is 95.8 cm³/mol. The molecule has 1 aliphatic rings. The first-order valence-electron chi connectivity index (χ1n) is 8.73. The van der Waals surface area contributed by atoms with Crippen LogP contribution in [-0.4, -0.2) is 11.1 Å². The zero-order valence-electron chi connectivity index (χ0n) is 14.1. The minimum absolute atomic E-state index is 0.176. The SMILES string of the molecule is CCCCNCc1ccc(-c2ccc(C)cc2)n(C2CC2)c1=O. The fourth-order valence-corrected chi connectivity index (χ4v) is 2.91. The maximum absolute atomic E-state index is 12.9. The van der Waals surface area contributed by atoms with E-state index in [9.17, 15) is 4.79 Å². The summed E-state index contributed by atoms with van der Waals surface area (Å²) in [5, 5.41) is 3.38. The molecule has 0 radical (unpaired) electrons. The highest BCUT2D eigenvalue weighted by atomic mass is 16.1. The van der Waals surface area contributed by atoms with Gasteiger partial charge in [-0.15, -0.1) is 0 Å². The van der Waals surface area contributed by atoms with Gasteiger partial charge in [0.25, 0.3) is 5.56 Å². The fraction of sp³-hybridized carbons (Fsp3) is 0.450. The van der Waals surface area contributed by atoms with Crippen molar-refractivity contribution in [3.8, 4) is 11.3 Å². The fourth-order valence-electron chi connectivity index (χ4n) is 2.91. The lowest BCUT2D eigenvalue weighted by Gasteiger charge is -2.15. The van der Waals surface area contributed by atoms with Crippen LogP contribution in [0, 0.1) is 6.92 Å². The second kappa shape index (κ2) is 7.14. The van der Waals surface area contributed by atoms with E-state index in [1.807, 2.05) is 10.6 Å². The van der Waals surface area contributed by atoms with E-state index in [1.54, 1.807) is 0 Å². The number of nitrogens with zero attached hydrogens (tertiary/aromatic N) is 1. The van der Waals surface area contributed by atoms with Gasteiger partial charge in [0.2, 0.25) is 0 Å². The highest BCUT2D eigenvalue weighted by Crippen LogP contribution is 2.37. The molecule has 122 valence electrons. The lowest BCUT2D eigenvalue weighted by atomic mass is 10.1. The third-order valence-electron chi connectivity index (χ3n) is 4.48. The molecule has 1 saturated carbocycles. The summed E-state index contributed by atoms with van der Waals surface area (Å²) in [5.41, 5.74) is 4.48. The van der Waals surface area contributed by atoms with Gasteiger partial charge in [0.1, 0.15) is 0 Å². The molecule has 0 saturated heterocycles. The Labute approximate surface area is 138 Å². The summed E-state index contributed by atoms with van der Waals surface area (Å²) in [7, 11) is 0. The number of aryl methyl sites for hydroxylation is 1. The van der Waals surface area contributed by atoms with Crippen LogP contribution in [0.25, 0.3) is 11.3 Å². The second-order valence-electron chi connectivity index (χ2n) is 6.55. The number of pyridine rings is 1. The van der Waals surface area contributed by atoms with Gasteiger partial charge in [0.05, 0.1) is 5.69 Å². The molecule has 0 spiro atoms. The summed E-state index contributed by atoms with van der Waals surface area (Å²) >= 11 is 0. The molecule has 0 atom stereocenters. The number of hydrogen-bond acceptors (Lipinski definition) is 2. The summed E-state index contributed by atoms with van der Waals surface area (Å²) in [5.74, 6) is 0. The molecular formula is C20H26N2O. The van der Waals surface area contributed by atoms with Crippen molar-refractivity contribution in [3.05, 3.63) is 57.9 Å². The normalized spacial score (nSPS) is 14.2. The molecule has 3 nitrogen and oxygen atoms in total. The smallest absolute Gasteiger partial charge is 0.255 e. The van der Waals surface area contributed by atoms with Crippen LogP contribution in [-0.2, 0) is 6.54 Å². The average Bonchev–Trinajstić information content (AvgIpc) is 3.38. The molecule has 1 heterocycles. The van der Waals surface area contributed by atoms with Gasteiger partial charge < -0.3 is 9.88 Å². The average molecular weight is 310 g/mol. The summed E-state index contributed by atoms with van der Waals surface area (Å²) < 4.78 is 2.02. The van der Waals surface area contributed by atoms with E-state index in [2.05, 4.69) is 49.5 Å². The van der Waals surface area contributed by atoms with E-state index < -0.39 is 0 Å². The van der Waals surface area contributed by atoms with E-state index in [4.69, 9.17) is 0 Å². The molecule has 1 aromatic carbocycles. The van der Waals surface area contributed by atoms with Gasteiger partial charge in [-0.05, 0) is 44.4 Å². The quantitative estimate of drug-likeness (QED) is 0.783. The van der Waals surface area contributed by atoms with Crippen LogP contribution in [0.1, 0.15) is 49.8 Å². The van der Waals surface area contributed by atoms with Crippen LogP contribution in [0.5, 0.6) is 0 Å². The zero-order valence-corrected chi connectivity index (χ0v) is 14.1. The number of rotatable bonds is 7. The highest BCUT2D eigenvalue weighted by molar-refractivity contribution is 5.60. The third kappa shape index (κ3) is 3.73. The Kier molecular flexibility index (Phi) is 4.97. The zero-order chi connectivity index (χ0) is 16.2. The Bertz CT molecular complexity index is 711. The van der Waals surface area contributed by atoms with Gasteiger partial charge >= 0.3 is 0 Å². The van der Waals surface area contributed by atoms with Crippen molar-refractivity contribution in [1.82, 2.24) is 9.88 Å². The maximum atomic E-state index is 12.9. The Morgan fingerprint density at radius 3 is 2.52 bits per heavy atom. The van der Waals surface area contributed by atoms with Crippen LogP contribution >= 0.6 is 0 Å². The van der Waals surface area contributed by atoms with E-state index in [0.717, 1.165) is 42.6 Å². The van der Waals surface area contributed by atoms with Crippen molar-refractivity contribution in [2.75, 3.05) is 6.54 Å². The number of benzene rings is 1. The van der Waals surface area contributed by atoms with E-state index in [1.165, 1.54) is 12.0 Å². The largest absolute Gasteiger partial charge is 0.312 e. The summed E-state index contributed by atoms with van der Waals surface area (Å²) in [6, 6.07) is 12.9. The molecule has 0 aliphatic heterocycles. The van der Waals surface area contributed by atoms with Crippen molar-refractivity contribution in [3.63, 3.8) is 0 Å². The Morgan fingerprint density at radius 1 is 1.13 bits per heavy atom. The monoisotopic (exact) mass is 310 g/mol. The molecule has 1 N–H and O–H groups in total. The van der Waals surface area contributed by atoms with Gasteiger partial charge in [-0.1, -0.05) is 49.2 Å². The second-order valence-corrected chi connectivity index (χ2v) is 6.55. The lowest BCUT2D eigenvalue weighted by Crippen LogP contribution is -2.28. The van der Waals surface area contributed by atoms with Gasteiger partial charge in [-0.2, -0.15) is 0 Å². The van der Waals surface area contributed by atoms with Gasteiger partial charge in [0, 0.05) is 18.2 Å². The van der Waals surface area contributed by atoms with Gasteiger partial charge in [-0.25, -0.2) is 0 Å². The Balaban J connectivity index is 1.90. The highest BCUT2D eigenvalue weighted by Gasteiger charge is 2.27. The standard InChI is InChI=1S/C20H26N2O/c1-3-4-13-21-14-17-9-12-19(16-7-5-15(2)6-8-16)22(20(17)23)18-10-11-18/h5-9,12,18,21H,3-4,10-11,13-14H2,1-2H3. The van der Waals surface area contributed by atoms with Crippen LogP contribution < -0.4 is 10.9 Å². The molecule has 1 aliphatic carbocycles. The van der Waals surface area contributed by atoms with Crippen LogP contribution in [0.4, 0.5) is 0 Å². The Hall–Kier alpha value is -1.87. The van der Waals surface area contributed by atoms with Crippen LogP contribution in [0.15, 0.2) is 41.2 Å². The number of nitrogens with one attached hydrogen (secondary N) is 1. The molecule has 0 bridgehead atoms. The summed E-state index contributed by atoms with van der Waals surface area (Å²) in [6.45, 7) is 5.90. The first kappa shape index (κ1) is 16.0.